The molecule has 0 aliphatic heterocycles. The van der Waals surface area contributed by atoms with Crippen LogP contribution >= 0.6 is 0 Å². The number of nitrogen functional groups attached to an aromatic ring is 1. The van der Waals surface area contributed by atoms with E-state index in [4.69, 9.17) is 15.2 Å². The first-order valence-electron chi connectivity index (χ1n) is 7.37. The van der Waals surface area contributed by atoms with E-state index < -0.39 is 0 Å². The molecule has 4 heteroatoms. The van der Waals surface area contributed by atoms with Gasteiger partial charge in [0.1, 0.15) is 11.5 Å². The molecule has 3 rings (SSSR count). The van der Waals surface area contributed by atoms with Crippen LogP contribution in [-0.4, -0.2) is 18.3 Å². The first kappa shape index (κ1) is 14.3. The van der Waals surface area contributed by atoms with Crippen molar-refractivity contribution in [3.63, 3.8) is 0 Å². The van der Waals surface area contributed by atoms with E-state index in [0.29, 0.717) is 6.61 Å². The Morgan fingerprint density at radius 2 is 1.77 bits per heavy atom. The van der Waals surface area contributed by atoms with Gasteiger partial charge in [-0.3, -0.25) is 0 Å². The molecule has 0 radical (unpaired) electrons. The van der Waals surface area contributed by atoms with E-state index in [1.165, 1.54) is 10.9 Å². The normalized spacial score (nSPS) is 10.8. The Balaban J connectivity index is 1.53. The summed E-state index contributed by atoms with van der Waals surface area (Å²) in [4.78, 5) is 0. The van der Waals surface area contributed by atoms with Crippen LogP contribution in [0.1, 0.15) is 6.42 Å². The van der Waals surface area contributed by atoms with E-state index in [2.05, 4.69) is 22.9 Å². The second kappa shape index (κ2) is 6.43. The Morgan fingerprint density at radius 3 is 2.55 bits per heavy atom. The molecule has 0 aliphatic rings. The molecule has 0 saturated carbocycles. The van der Waals surface area contributed by atoms with Crippen molar-refractivity contribution in [2.45, 2.75) is 13.0 Å². The summed E-state index contributed by atoms with van der Waals surface area (Å²) in [6.07, 6.45) is 3.04. The van der Waals surface area contributed by atoms with E-state index in [0.717, 1.165) is 30.2 Å². The fourth-order valence-electron chi connectivity index (χ4n) is 2.51. The quantitative estimate of drug-likeness (QED) is 0.557. The van der Waals surface area contributed by atoms with E-state index in [9.17, 15) is 0 Å². The van der Waals surface area contributed by atoms with E-state index in [1.807, 2.05) is 36.4 Å². The number of aromatic nitrogens is 1. The van der Waals surface area contributed by atoms with Gasteiger partial charge < -0.3 is 19.8 Å². The molecular weight excluding hydrogens is 276 g/mol. The molecule has 0 spiro atoms. The third-order valence-electron chi connectivity index (χ3n) is 3.67. The Labute approximate surface area is 130 Å². The summed E-state index contributed by atoms with van der Waals surface area (Å²) in [5.74, 6) is 1.70. The van der Waals surface area contributed by atoms with Crippen molar-refractivity contribution in [1.29, 1.82) is 0 Å². The molecule has 0 aliphatic carbocycles. The summed E-state index contributed by atoms with van der Waals surface area (Å²) >= 11 is 0. The number of hydrogen-bond donors (Lipinski definition) is 1. The van der Waals surface area contributed by atoms with Crippen LogP contribution < -0.4 is 15.2 Å². The second-order valence-electron chi connectivity index (χ2n) is 5.20. The van der Waals surface area contributed by atoms with E-state index in [-0.39, 0.29) is 0 Å². The number of methoxy groups -OCH3 is 1. The van der Waals surface area contributed by atoms with Crippen LogP contribution in [0, 0.1) is 0 Å². The van der Waals surface area contributed by atoms with Crippen molar-refractivity contribution < 1.29 is 9.47 Å². The molecule has 0 atom stereocenters. The monoisotopic (exact) mass is 296 g/mol. The lowest BCUT2D eigenvalue weighted by Gasteiger charge is -2.08. The van der Waals surface area contributed by atoms with Gasteiger partial charge in [0.25, 0.3) is 0 Å². The van der Waals surface area contributed by atoms with Crippen molar-refractivity contribution >= 4 is 16.6 Å². The molecular formula is C18H20N2O2. The van der Waals surface area contributed by atoms with Gasteiger partial charge in [-0.15, -0.1) is 0 Å². The number of anilines is 1. The number of ether oxygens (including phenoxy) is 2. The molecule has 0 amide bonds. The predicted molar refractivity (Wildman–Crippen MR) is 89.5 cm³/mol. The summed E-state index contributed by atoms with van der Waals surface area (Å²) < 4.78 is 13.1. The molecule has 22 heavy (non-hydrogen) atoms. The number of benzene rings is 2. The van der Waals surface area contributed by atoms with E-state index >= 15 is 0 Å². The lowest BCUT2D eigenvalue weighted by Crippen LogP contribution is -2.03. The Kier molecular flexibility index (Phi) is 4.19. The Morgan fingerprint density at radius 1 is 1.00 bits per heavy atom. The Bertz CT molecular complexity index is 747. The lowest BCUT2D eigenvalue weighted by molar-refractivity contribution is 0.302. The molecule has 0 unspecified atom stereocenters. The molecule has 0 fully saturated rings. The van der Waals surface area contributed by atoms with Gasteiger partial charge in [0, 0.05) is 29.3 Å². The van der Waals surface area contributed by atoms with Crippen LogP contribution in [0.3, 0.4) is 0 Å². The highest BCUT2D eigenvalue weighted by Gasteiger charge is 2.01. The smallest absolute Gasteiger partial charge is 0.119 e. The summed E-state index contributed by atoms with van der Waals surface area (Å²) in [5, 5.41) is 1.18. The van der Waals surface area contributed by atoms with Crippen molar-refractivity contribution in [1.82, 2.24) is 4.57 Å². The lowest BCUT2D eigenvalue weighted by atomic mass is 10.2. The maximum absolute atomic E-state index is 5.80. The molecule has 1 heterocycles. The van der Waals surface area contributed by atoms with Crippen molar-refractivity contribution in [3.05, 3.63) is 54.7 Å². The number of fused-ring (bicyclic) bond motifs is 1. The predicted octanol–water partition coefficient (Wildman–Crippen LogP) is 3.70. The van der Waals surface area contributed by atoms with Gasteiger partial charge in [0.15, 0.2) is 0 Å². The molecule has 2 aromatic carbocycles. The van der Waals surface area contributed by atoms with Crippen LogP contribution in [0.15, 0.2) is 54.7 Å². The van der Waals surface area contributed by atoms with E-state index in [1.54, 1.807) is 7.11 Å². The van der Waals surface area contributed by atoms with Gasteiger partial charge in [-0.2, -0.15) is 0 Å². The van der Waals surface area contributed by atoms with Gasteiger partial charge in [0.2, 0.25) is 0 Å². The van der Waals surface area contributed by atoms with Gasteiger partial charge in [-0.25, -0.2) is 0 Å². The SMILES string of the molecule is COc1ccc(OCCCn2ccc3cc(N)ccc32)cc1. The van der Waals surface area contributed by atoms with Crippen LogP contribution in [0.25, 0.3) is 10.9 Å². The molecule has 1 aromatic heterocycles. The number of rotatable bonds is 6. The third kappa shape index (κ3) is 3.17. The first-order valence-corrected chi connectivity index (χ1v) is 7.37. The third-order valence-corrected chi connectivity index (χ3v) is 3.67. The second-order valence-corrected chi connectivity index (χ2v) is 5.20. The minimum absolute atomic E-state index is 0.682. The average molecular weight is 296 g/mol. The fourth-order valence-corrected chi connectivity index (χ4v) is 2.51. The maximum Gasteiger partial charge on any atom is 0.119 e. The van der Waals surface area contributed by atoms with Crippen molar-refractivity contribution in [2.75, 3.05) is 19.5 Å². The molecule has 2 N–H and O–H groups in total. The van der Waals surface area contributed by atoms with Crippen LogP contribution in [0.4, 0.5) is 5.69 Å². The molecule has 0 saturated heterocycles. The van der Waals surface area contributed by atoms with Crippen LogP contribution in [0.5, 0.6) is 11.5 Å². The topological polar surface area (TPSA) is 49.4 Å². The van der Waals surface area contributed by atoms with Crippen molar-refractivity contribution in [3.8, 4) is 11.5 Å². The van der Waals surface area contributed by atoms with Crippen LogP contribution in [0.2, 0.25) is 0 Å². The minimum Gasteiger partial charge on any atom is -0.497 e. The van der Waals surface area contributed by atoms with Gasteiger partial charge in [-0.05, 0) is 55.0 Å². The zero-order valence-electron chi connectivity index (χ0n) is 12.7. The molecule has 0 bridgehead atoms. The number of hydrogen-bond acceptors (Lipinski definition) is 3. The standard InChI is InChI=1S/C18H20N2O2/c1-21-16-4-6-17(7-5-16)22-12-2-10-20-11-9-14-13-15(19)3-8-18(14)20/h3-9,11,13H,2,10,12,19H2,1H3. The molecule has 114 valence electrons. The van der Waals surface area contributed by atoms with Gasteiger partial charge in [0.05, 0.1) is 13.7 Å². The first-order chi connectivity index (χ1) is 10.8. The van der Waals surface area contributed by atoms with Gasteiger partial charge >= 0.3 is 0 Å². The fraction of sp³-hybridized carbons (Fsp3) is 0.222. The zero-order chi connectivity index (χ0) is 15.4. The Hall–Kier alpha value is -2.62. The number of aryl methyl sites for hydroxylation is 1. The highest BCUT2D eigenvalue weighted by Crippen LogP contribution is 2.20. The average Bonchev–Trinajstić information content (AvgIpc) is 2.94. The summed E-state index contributed by atoms with van der Waals surface area (Å²) in [6.45, 7) is 1.60. The number of nitrogens with two attached hydrogens (primary N) is 1. The minimum atomic E-state index is 0.682. The molecule has 3 aromatic rings. The summed E-state index contributed by atoms with van der Waals surface area (Å²) in [7, 11) is 1.66. The highest BCUT2D eigenvalue weighted by molar-refractivity contribution is 5.83. The maximum atomic E-state index is 5.80. The summed E-state index contributed by atoms with van der Waals surface area (Å²) in [6, 6.07) is 15.7. The zero-order valence-corrected chi connectivity index (χ0v) is 12.7. The van der Waals surface area contributed by atoms with Crippen molar-refractivity contribution in [2.24, 2.45) is 0 Å². The van der Waals surface area contributed by atoms with Gasteiger partial charge in [-0.1, -0.05) is 0 Å². The largest absolute Gasteiger partial charge is 0.497 e. The van der Waals surface area contributed by atoms with Crippen LogP contribution in [-0.2, 0) is 6.54 Å². The number of nitrogens with zero attached hydrogens (tertiary/aromatic N) is 1. The molecule has 4 nitrogen and oxygen atoms in total. The highest BCUT2D eigenvalue weighted by atomic mass is 16.5. The summed E-state index contributed by atoms with van der Waals surface area (Å²) in [5.41, 5.74) is 7.81.